The van der Waals surface area contributed by atoms with Crippen molar-refractivity contribution in [1.82, 2.24) is 10.6 Å². The van der Waals surface area contributed by atoms with Crippen molar-refractivity contribution in [2.24, 2.45) is 0 Å². The summed E-state index contributed by atoms with van der Waals surface area (Å²) in [4.78, 5) is 23.4. The number of nitrogens with one attached hydrogen (secondary N) is 3. The van der Waals surface area contributed by atoms with Crippen LogP contribution in [0.1, 0.15) is 31.2 Å². The van der Waals surface area contributed by atoms with Gasteiger partial charge < -0.3 is 10.6 Å². The van der Waals surface area contributed by atoms with Crippen molar-refractivity contribution in [2.75, 3.05) is 11.9 Å². The monoisotopic (exact) mass is 353 g/mol. The van der Waals surface area contributed by atoms with Crippen molar-refractivity contribution in [3.05, 3.63) is 28.2 Å². The lowest BCUT2D eigenvalue weighted by atomic mass is 10.2. The Morgan fingerprint density at radius 3 is 2.67 bits per heavy atom. The molecule has 3 N–H and O–H groups in total. The molecule has 2 rings (SSSR count). The van der Waals surface area contributed by atoms with E-state index in [9.17, 15) is 9.59 Å². The van der Waals surface area contributed by atoms with Crippen molar-refractivity contribution in [3.8, 4) is 0 Å². The van der Waals surface area contributed by atoms with E-state index in [4.69, 9.17) is 0 Å². The highest BCUT2D eigenvalue weighted by Gasteiger charge is 2.17. The fourth-order valence-electron chi connectivity index (χ4n) is 2.40. The SMILES string of the molecule is Cc1cc(NCC(=O)NC(=O)NC2CCCC2)ccc1Br. The number of rotatable bonds is 4. The van der Waals surface area contributed by atoms with Crippen LogP contribution in [0.4, 0.5) is 10.5 Å². The summed E-state index contributed by atoms with van der Waals surface area (Å²) in [5.41, 5.74) is 1.93. The van der Waals surface area contributed by atoms with Crippen LogP contribution >= 0.6 is 15.9 Å². The van der Waals surface area contributed by atoms with Gasteiger partial charge in [0.2, 0.25) is 5.91 Å². The summed E-state index contributed by atoms with van der Waals surface area (Å²) in [5.74, 6) is -0.342. The molecule has 0 unspecified atom stereocenters. The van der Waals surface area contributed by atoms with Gasteiger partial charge in [0.1, 0.15) is 0 Å². The number of urea groups is 1. The van der Waals surface area contributed by atoms with Gasteiger partial charge in [-0.05, 0) is 43.5 Å². The third-order valence-electron chi connectivity index (χ3n) is 3.55. The lowest BCUT2D eigenvalue weighted by Crippen LogP contribution is -2.45. The molecule has 1 aliphatic rings. The molecule has 1 aromatic carbocycles. The van der Waals surface area contributed by atoms with Crippen LogP contribution in [0.25, 0.3) is 0 Å². The van der Waals surface area contributed by atoms with Crippen LogP contribution in [0.2, 0.25) is 0 Å². The first kappa shape index (κ1) is 15.8. The molecule has 1 aliphatic carbocycles. The van der Waals surface area contributed by atoms with E-state index in [1.165, 1.54) is 0 Å². The molecule has 0 radical (unpaired) electrons. The zero-order chi connectivity index (χ0) is 15.2. The molecule has 3 amide bonds. The highest BCUT2D eigenvalue weighted by Crippen LogP contribution is 2.19. The Morgan fingerprint density at radius 2 is 2.00 bits per heavy atom. The molecule has 1 aromatic rings. The molecule has 0 atom stereocenters. The van der Waals surface area contributed by atoms with Gasteiger partial charge in [-0.3, -0.25) is 10.1 Å². The molecule has 0 spiro atoms. The second-order valence-corrected chi connectivity index (χ2v) is 6.17. The van der Waals surface area contributed by atoms with Crippen LogP contribution in [0.5, 0.6) is 0 Å². The Morgan fingerprint density at radius 1 is 1.29 bits per heavy atom. The number of hydrogen-bond acceptors (Lipinski definition) is 3. The molecule has 0 aliphatic heterocycles. The molecular formula is C15H20BrN3O2. The van der Waals surface area contributed by atoms with E-state index in [0.29, 0.717) is 0 Å². The average molecular weight is 354 g/mol. The van der Waals surface area contributed by atoms with E-state index in [-0.39, 0.29) is 18.5 Å². The molecule has 1 fully saturated rings. The van der Waals surface area contributed by atoms with E-state index in [1.807, 2.05) is 25.1 Å². The quantitative estimate of drug-likeness (QED) is 0.779. The number of benzene rings is 1. The molecule has 0 heterocycles. The number of aryl methyl sites for hydroxylation is 1. The van der Waals surface area contributed by atoms with Gasteiger partial charge in [-0.1, -0.05) is 28.8 Å². The van der Waals surface area contributed by atoms with Crippen LogP contribution in [0.15, 0.2) is 22.7 Å². The summed E-state index contributed by atoms with van der Waals surface area (Å²) in [6, 6.07) is 5.54. The van der Waals surface area contributed by atoms with Crippen LogP contribution in [-0.4, -0.2) is 24.5 Å². The van der Waals surface area contributed by atoms with Crippen LogP contribution in [0, 0.1) is 6.92 Å². The Kier molecular flexibility index (Phi) is 5.61. The predicted octanol–water partition coefficient (Wildman–Crippen LogP) is 2.94. The second kappa shape index (κ2) is 7.45. The van der Waals surface area contributed by atoms with Gasteiger partial charge in [0.05, 0.1) is 6.54 Å². The van der Waals surface area contributed by atoms with Gasteiger partial charge in [-0.2, -0.15) is 0 Å². The van der Waals surface area contributed by atoms with Gasteiger partial charge in [0.25, 0.3) is 0 Å². The molecule has 5 nitrogen and oxygen atoms in total. The number of hydrogen-bond donors (Lipinski definition) is 3. The summed E-state index contributed by atoms with van der Waals surface area (Å²) in [7, 11) is 0. The van der Waals surface area contributed by atoms with Crippen molar-refractivity contribution < 1.29 is 9.59 Å². The van der Waals surface area contributed by atoms with E-state index in [0.717, 1.165) is 41.4 Å². The van der Waals surface area contributed by atoms with Crippen molar-refractivity contribution in [1.29, 1.82) is 0 Å². The van der Waals surface area contributed by atoms with Gasteiger partial charge in [-0.15, -0.1) is 0 Å². The Bertz CT molecular complexity index is 528. The zero-order valence-electron chi connectivity index (χ0n) is 12.0. The van der Waals surface area contributed by atoms with Crippen molar-refractivity contribution in [3.63, 3.8) is 0 Å². The third kappa shape index (κ3) is 5.04. The molecule has 1 saturated carbocycles. The van der Waals surface area contributed by atoms with E-state index in [1.54, 1.807) is 0 Å². The lowest BCUT2D eigenvalue weighted by molar-refractivity contribution is -0.118. The van der Waals surface area contributed by atoms with Crippen LogP contribution in [-0.2, 0) is 4.79 Å². The largest absolute Gasteiger partial charge is 0.376 e. The van der Waals surface area contributed by atoms with E-state index in [2.05, 4.69) is 31.9 Å². The number of carbonyl (C=O) groups excluding carboxylic acids is 2. The maximum atomic E-state index is 11.7. The minimum absolute atomic E-state index is 0.0686. The number of imide groups is 1. The summed E-state index contributed by atoms with van der Waals surface area (Å²) in [6.45, 7) is 2.05. The second-order valence-electron chi connectivity index (χ2n) is 5.32. The zero-order valence-corrected chi connectivity index (χ0v) is 13.6. The average Bonchev–Trinajstić information content (AvgIpc) is 2.92. The van der Waals surface area contributed by atoms with Crippen LogP contribution < -0.4 is 16.0 Å². The number of carbonyl (C=O) groups is 2. The smallest absolute Gasteiger partial charge is 0.321 e. The summed E-state index contributed by atoms with van der Waals surface area (Å²) < 4.78 is 1.02. The van der Waals surface area contributed by atoms with Crippen LogP contribution in [0.3, 0.4) is 0 Å². The molecule has 0 bridgehead atoms. The Balaban J connectivity index is 1.73. The molecular weight excluding hydrogens is 334 g/mol. The standard InChI is InChI=1S/C15H20BrN3O2/c1-10-8-12(6-7-13(10)16)17-9-14(20)19-15(21)18-11-4-2-3-5-11/h6-8,11,17H,2-5,9H2,1H3,(H2,18,19,20,21). The topological polar surface area (TPSA) is 70.2 Å². The highest BCUT2D eigenvalue weighted by molar-refractivity contribution is 9.10. The normalized spacial score (nSPS) is 14.8. The molecule has 6 heteroatoms. The van der Waals surface area contributed by atoms with E-state index >= 15 is 0 Å². The lowest BCUT2D eigenvalue weighted by Gasteiger charge is -2.13. The third-order valence-corrected chi connectivity index (χ3v) is 4.44. The predicted molar refractivity (Wildman–Crippen MR) is 86.3 cm³/mol. The van der Waals surface area contributed by atoms with Crippen molar-refractivity contribution >= 4 is 33.6 Å². The Labute approximate surface area is 133 Å². The molecule has 21 heavy (non-hydrogen) atoms. The first-order chi connectivity index (χ1) is 10.0. The number of halogens is 1. The van der Waals surface area contributed by atoms with Gasteiger partial charge >= 0.3 is 6.03 Å². The van der Waals surface area contributed by atoms with Gasteiger partial charge in [0, 0.05) is 16.2 Å². The first-order valence-electron chi connectivity index (χ1n) is 7.15. The van der Waals surface area contributed by atoms with E-state index < -0.39 is 6.03 Å². The molecule has 0 saturated heterocycles. The Hall–Kier alpha value is -1.56. The fraction of sp³-hybridized carbons (Fsp3) is 0.467. The molecule has 114 valence electrons. The summed E-state index contributed by atoms with van der Waals surface area (Å²) >= 11 is 3.42. The van der Waals surface area contributed by atoms with Crippen molar-refractivity contribution in [2.45, 2.75) is 38.6 Å². The highest BCUT2D eigenvalue weighted by atomic mass is 79.9. The summed E-state index contributed by atoms with van der Waals surface area (Å²) in [6.07, 6.45) is 4.28. The number of amides is 3. The minimum atomic E-state index is -0.402. The maximum Gasteiger partial charge on any atom is 0.321 e. The van der Waals surface area contributed by atoms with Gasteiger partial charge in [0.15, 0.2) is 0 Å². The van der Waals surface area contributed by atoms with Gasteiger partial charge in [-0.25, -0.2) is 4.79 Å². The number of anilines is 1. The first-order valence-corrected chi connectivity index (χ1v) is 7.94. The maximum absolute atomic E-state index is 11.7. The molecule has 0 aromatic heterocycles. The summed E-state index contributed by atoms with van der Waals surface area (Å²) in [5, 5.41) is 8.16. The fourth-order valence-corrected chi connectivity index (χ4v) is 2.65. The minimum Gasteiger partial charge on any atom is -0.376 e.